The van der Waals surface area contributed by atoms with Crippen LogP contribution in [0.3, 0.4) is 0 Å². The van der Waals surface area contributed by atoms with Gasteiger partial charge in [-0.05, 0) is 42.5 Å². The van der Waals surface area contributed by atoms with Crippen molar-refractivity contribution in [2.75, 3.05) is 0 Å². The van der Waals surface area contributed by atoms with Gasteiger partial charge in [-0.1, -0.05) is 50.2 Å². The maximum absolute atomic E-state index is 13.5. The number of amides is 3. The first-order chi connectivity index (χ1) is 19.5. The van der Waals surface area contributed by atoms with Crippen molar-refractivity contribution in [3.8, 4) is 0 Å². The largest absolute Gasteiger partial charge is 0.480 e. The lowest BCUT2D eigenvalue weighted by atomic mass is 9.99. The van der Waals surface area contributed by atoms with Crippen LogP contribution in [0.1, 0.15) is 31.9 Å². The minimum absolute atomic E-state index is 0.104. The summed E-state index contributed by atoms with van der Waals surface area (Å²) in [5.74, 6) is -3.25. The van der Waals surface area contributed by atoms with Crippen molar-refractivity contribution in [3.63, 3.8) is 0 Å². The highest BCUT2D eigenvalue weighted by atomic mass is 16.4. The van der Waals surface area contributed by atoms with Gasteiger partial charge in [0.1, 0.15) is 18.1 Å². The average molecular weight is 561 g/mol. The lowest BCUT2D eigenvalue weighted by Crippen LogP contribution is -2.58. The van der Waals surface area contributed by atoms with Gasteiger partial charge in [-0.25, -0.2) is 0 Å². The Hall–Kier alpha value is -4.64. The van der Waals surface area contributed by atoms with Crippen molar-refractivity contribution in [1.82, 2.24) is 25.9 Å². The van der Waals surface area contributed by atoms with Crippen molar-refractivity contribution in [1.29, 1.82) is 0 Å². The Kier molecular flexibility index (Phi) is 9.08. The first kappa shape index (κ1) is 29.3. The van der Waals surface area contributed by atoms with E-state index in [-0.39, 0.29) is 18.8 Å². The molecule has 2 heterocycles. The molecule has 4 aromatic rings. The summed E-state index contributed by atoms with van der Waals surface area (Å²) in [6.45, 7) is 4.89. The molecule has 2 aromatic carbocycles. The lowest BCUT2D eigenvalue weighted by molar-refractivity contribution is -0.141. The van der Waals surface area contributed by atoms with E-state index in [0.29, 0.717) is 0 Å². The fourth-order valence-corrected chi connectivity index (χ4v) is 4.79. The molecule has 2 aromatic heterocycles. The van der Waals surface area contributed by atoms with Gasteiger partial charge >= 0.3 is 5.97 Å². The second kappa shape index (κ2) is 12.7. The molecule has 0 radical (unpaired) electrons. The third kappa shape index (κ3) is 6.93. The van der Waals surface area contributed by atoms with Crippen LogP contribution < -0.4 is 21.7 Å². The molecule has 0 fully saturated rings. The Bertz CT molecular complexity index is 1560. The van der Waals surface area contributed by atoms with Gasteiger partial charge in [0, 0.05) is 40.6 Å². The van der Waals surface area contributed by atoms with Crippen LogP contribution in [0.4, 0.5) is 0 Å². The van der Waals surface area contributed by atoms with E-state index >= 15 is 0 Å². The average Bonchev–Trinajstić information content (AvgIpc) is 3.54. The molecule has 0 spiro atoms. The van der Waals surface area contributed by atoms with Crippen LogP contribution in [0, 0.1) is 5.92 Å². The molecular formula is C30H36N6O5. The summed E-state index contributed by atoms with van der Waals surface area (Å²) in [6, 6.07) is 11.1. The third-order valence-corrected chi connectivity index (χ3v) is 7.16. The Morgan fingerprint density at radius 3 is 1.83 bits per heavy atom. The molecule has 0 bridgehead atoms. The van der Waals surface area contributed by atoms with Crippen molar-refractivity contribution in [2.45, 2.75) is 57.8 Å². The molecule has 0 aliphatic heterocycles. The van der Waals surface area contributed by atoms with Gasteiger partial charge < -0.3 is 36.8 Å². The fourth-order valence-electron chi connectivity index (χ4n) is 4.79. The number of fused-ring (bicyclic) bond motifs is 2. The number of carboxylic acid groups (broad SMARTS) is 1. The summed E-state index contributed by atoms with van der Waals surface area (Å²) in [7, 11) is 0. The number of carbonyl (C=O) groups excluding carboxylic acids is 3. The van der Waals surface area contributed by atoms with Gasteiger partial charge in [-0.15, -0.1) is 0 Å². The highest BCUT2D eigenvalue weighted by Gasteiger charge is 2.31. The molecule has 4 atom stereocenters. The van der Waals surface area contributed by atoms with E-state index in [4.69, 9.17) is 5.73 Å². The predicted molar refractivity (Wildman–Crippen MR) is 156 cm³/mol. The van der Waals surface area contributed by atoms with Crippen LogP contribution in [0.2, 0.25) is 0 Å². The molecule has 0 aliphatic rings. The second-order valence-electron chi connectivity index (χ2n) is 10.6. The first-order valence-corrected chi connectivity index (χ1v) is 13.5. The van der Waals surface area contributed by atoms with Crippen LogP contribution in [-0.2, 0) is 32.0 Å². The number of para-hydroxylation sites is 2. The zero-order valence-corrected chi connectivity index (χ0v) is 23.2. The van der Waals surface area contributed by atoms with Gasteiger partial charge in [0.2, 0.25) is 17.7 Å². The summed E-state index contributed by atoms with van der Waals surface area (Å²) < 4.78 is 0. The van der Waals surface area contributed by atoms with Crippen LogP contribution in [0.5, 0.6) is 0 Å². The van der Waals surface area contributed by atoms with Gasteiger partial charge in [-0.2, -0.15) is 0 Å². The standard InChI is InChI=1S/C30H36N6O5/c1-16(2)26(36-27(37)22(31)12-18-14-32-23-10-6-4-8-20(18)23)29(39)35-25(28(38)34-17(3)30(40)41)13-19-15-33-24-11-7-5-9-21(19)24/h4-11,14-17,22,25-26,32-33H,12-13,31H2,1-3H3,(H,34,38)(H,35,39)(H,36,37)(H,40,41). The van der Waals surface area contributed by atoms with E-state index in [2.05, 4.69) is 25.9 Å². The van der Waals surface area contributed by atoms with E-state index in [1.165, 1.54) is 6.92 Å². The number of H-pyrrole nitrogens is 2. The second-order valence-corrected chi connectivity index (χ2v) is 10.6. The molecular weight excluding hydrogens is 524 g/mol. The van der Waals surface area contributed by atoms with Crippen molar-refractivity contribution in [2.24, 2.45) is 11.7 Å². The molecule has 3 amide bonds. The molecule has 4 rings (SSSR count). The Morgan fingerprint density at radius 1 is 0.756 bits per heavy atom. The highest BCUT2D eigenvalue weighted by molar-refractivity contribution is 5.95. The molecule has 0 saturated carbocycles. The van der Waals surface area contributed by atoms with Crippen molar-refractivity contribution < 1.29 is 24.3 Å². The summed E-state index contributed by atoms with van der Waals surface area (Å²) >= 11 is 0. The summed E-state index contributed by atoms with van der Waals surface area (Å²) in [5.41, 5.74) is 9.70. The van der Waals surface area contributed by atoms with E-state index in [1.54, 1.807) is 20.0 Å². The Morgan fingerprint density at radius 2 is 1.29 bits per heavy atom. The molecule has 0 saturated heterocycles. The van der Waals surface area contributed by atoms with E-state index in [0.717, 1.165) is 32.9 Å². The Labute approximate surface area is 237 Å². The quantitative estimate of drug-likeness (QED) is 0.139. The monoisotopic (exact) mass is 560 g/mol. The number of nitrogens with two attached hydrogens (primary N) is 1. The molecule has 41 heavy (non-hydrogen) atoms. The number of aromatic nitrogens is 2. The van der Waals surface area contributed by atoms with Gasteiger partial charge in [0.15, 0.2) is 0 Å². The number of benzene rings is 2. The number of aliphatic carboxylic acids is 1. The minimum atomic E-state index is -1.20. The number of aromatic amines is 2. The van der Waals surface area contributed by atoms with Gasteiger partial charge in [0.05, 0.1) is 6.04 Å². The number of carboxylic acids is 1. The molecule has 216 valence electrons. The van der Waals surface area contributed by atoms with Gasteiger partial charge in [0.25, 0.3) is 0 Å². The van der Waals surface area contributed by atoms with E-state index in [1.807, 2.05) is 54.7 Å². The highest BCUT2D eigenvalue weighted by Crippen LogP contribution is 2.20. The van der Waals surface area contributed by atoms with Crippen LogP contribution in [0.15, 0.2) is 60.9 Å². The molecule has 0 aliphatic carbocycles. The third-order valence-electron chi connectivity index (χ3n) is 7.16. The van der Waals surface area contributed by atoms with Crippen LogP contribution in [-0.4, -0.2) is 62.9 Å². The number of nitrogens with one attached hydrogen (secondary N) is 5. The normalized spacial score (nSPS) is 14.4. The van der Waals surface area contributed by atoms with Crippen molar-refractivity contribution in [3.05, 3.63) is 72.1 Å². The van der Waals surface area contributed by atoms with E-state index in [9.17, 15) is 24.3 Å². The SMILES string of the molecule is CC(NC(=O)C(Cc1c[nH]c2ccccc12)NC(=O)C(NC(=O)C(N)Cc1c[nH]c2ccccc12)C(C)C)C(=O)O. The molecule has 11 heteroatoms. The maximum Gasteiger partial charge on any atom is 0.325 e. The maximum atomic E-state index is 13.5. The Balaban J connectivity index is 1.49. The summed E-state index contributed by atoms with van der Waals surface area (Å²) in [6.07, 6.45) is 3.94. The smallest absolute Gasteiger partial charge is 0.325 e. The predicted octanol–water partition coefficient (Wildman–Crippen LogP) is 1.98. The van der Waals surface area contributed by atoms with Crippen molar-refractivity contribution >= 4 is 45.5 Å². The van der Waals surface area contributed by atoms with Gasteiger partial charge in [-0.3, -0.25) is 19.2 Å². The number of rotatable bonds is 12. The summed E-state index contributed by atoms with van der Waals surface area (Å²) in [5, 5.41) is 19.1. The number of hydrogen-bond donors (Lipinski definition) is 7. The van der Waals surface area contributed by atoms with E-state index < -0.39 is 47.9 Å². The molecule has 4 unspecified atom stereocenters. The fraction of sp³-hybridized carbons (Fsp3) is 0.333. The summed E-state index contributed by atoms with van der Waals surface area (Å²) in [4.78, 5) is 57.4. The van der Waals surface area contributed by atoms with Crippen LogP contribution in [0.25, 0.3) is 21.8 Å². The topological polar surface area (TPSA) is 182 Å². The molecule has 8 N–H and O–H groups in total. The zero-order valence-electron chi connectivity index (χ0n) is 23.2. The lowest BCUT2D eigenvalue weighted by Gasteiger charge is -2.26. The van der Waals surface area contributed by atoms with Crippen LogP contribution >= 0.6 is 0 Å². The first-order valence-electron chi connectivity index (χ1n) is 13.5. The number of hydrogen-bond acceptors (Lipinski definition) is 5. The minimum Gasteiger partial charge on any atom is -0.480 e. The zero-order chi connectivity index (χ0) is 29.7. The number of carbonyl (C=O) groups is 4. The molecule has 11 nitrogen and oxygen atoms in total.